The van der Waals surface area contributed by atoms with Gasteiger partial charge in [0.1, 0.15) is 0 Å². The van der Waals surface area contributed by atoms with E-state index in [2.05, 4.69) is 91.9 Å². The number of benzene rings is 3. The molecule has 3 aromatic rings. The smallest absolute Gasteiger partial charge is 1.00 e. The minimum atomic E-state index is 0. The van der Waals surface area contributed by atoms with E-state index in [1.807, 2.05) is 6.07 Å². The Morgan fingerprint density at radius 3 is 2.24 bits per heavy atom. The van der Waals surface area contributed by atoms with E-state index in [9.17, 15) is 0 Å². The van der Waals surface area contributed by atoms with Crippen molar-refractivity contribution < 1.29 is 51.0 Å². The van der Waals surface area contributed by atoms with Gasteiger partial charge >= 0.3 is 26.2 Å². The fourth-order valence-corrected chi connectivity index (χ4v) is 3.61. The van der Waals surface area contributed by atoms with Crippen LogP contribution in [-0.4, -0.2) is 0 Å². The predicted molar refractivity (Wildman–Crippen MR) is 109 cm³/mol. The molecule has 0 saturated carbocycles. The van der Waals surface area contributed by atoms with E-state index in [1.165, 1.54) is 39.0 Å². The van der Waals surface area contributed by atoms with Crippen molar-refractivity contribution >= 4 is 0 Å². The van der Waals surface area contributed by atoms with Crippen LogP contribution in [0.1, 0.15) is 30.0 Å². The summed E-state index contributed by atoms with van der Waals surface area (Å²) < 4.78 is 0. The second kappa shape index (κ2) is 12.3. The largest absolute Gasteiger partial charge is 4.00 e. The van der Waals surface area contributed by atoms with E-state index in [0.29, 0.717) is 0 Å². The van der Waals surface area contributed by atoms with Gasteiger partial charge in [0.15, 0.2) is 0 Å². The minimum Gasteiger partial charge on any atom is -1.00 e. The van der Waals surface area contributed by atoms with Gasteiger partial charge in [0, 0.05) is 0 Å². The number of hydrogen-bond donors (Lipinski definition) is 0. The first-order valence-corrected chi connectivity index (χ1v) is 9.18. The Hall–Kier alpha value is -1.40. The molecule has 2 aliphatic rings. The zero-order valence-corrected chi connectivity index (χ0v) is 20.4. The van der Waals surface area contributed by atoms with Gasteiger partial charge in [-0.1, -0.05) is 65.7 Å². The molecule has 0 fully saturated rings. The Bertz CT molecular complexity index is 931. The van der Waals surface area contributed by atoms with Crippen LogP contribution in [0.3, 0.4) is 0 Å². The molecular formula is C26H22Cl2Zr. The number of rotatable bonds is 2. The molecule has 2 aliphatic carbocycles. The maximum Gasteiger partial charge on any atom is 4.00 e. The van der Waals surface area contributed by atoms with Crippen molar-refractivity contribution in [1.29, 1.82) is 0 Å². The van der Waals surface area contributed by atoms with Crippen molar-refractivity contribution in [2.45, 2.75) is 26.2 Å². The number of fused-ring (bicyclic) bond motifs is 3. The van der Waals surface area contributed by atoms with Crippen LogP contribution < -0.4 is 24.8 Å². The molecule has 0 bridgehead atoms. The molecule has 0 aliphatic heterocycles. The SMILES string of the molecule is CC1=C(Cc2ccccc2)C[C-]=C1.[Cl-].[Cl-].[Zr+4].[c-]1cccc2c1Cc1ccccc1-2. The van der Waals surface area contributed by atoms with Crippen LogP contribution in [0.25, 0.3) is 11.1 Å². The first-order chi connectivity index (χ1) is 12.8. The second-order valence-electron chi connectivity index (χ2n) is 6.87. The summed E-state index contributed by atoms with van der Waals surface area (Å²) in [6.45, 7) is 2.16. The average Bonchev–Trinajstić information content (AvgIpc) is 3.26. The summed E-state index contributed by atoms with van der Waals surface area (Å²) in [4.78, 5) is 0. The molecule has 0 radical (unpaired) electrons. The van der Waals surface area contributed by atoms with Gasteiger partial charge in [-0.15, -0.1) is 18.9 Å². The van der Waals surface area contributed by atoms with Crippen LogP contribution in [0, 0.1) is 12.1 Å². The van der Waals surface area contributed by atoms with Crippen molar-refractivity contribution in [3.63, 3.8) is 0 Å². The van der Waals surface area contributed by atoms with Crippen LogP contribution >= 0.6 is 0 Å². The molecule has 0 unspecified atom stereocenters. The van der Waals surface area contributed by atoms with Crippen molar-refractivity contribution in [2.75, 3.05) is 0 Å². The van der Waals surface area contributed by atoms with Gasteiger partial charge in [0.25, 0.3) is 0 Å². The van der Waals surface area contributed by atoms with E-state index in [1.54, 1.807) is 0 Å². The van der Waals surface area contributed by atoms with E-state index < -0.39 is 0 Å². The number of allylic oxidation sites excluding steroid dienone is 4. The van der Waals surface area contributed by atoms with Gasteiger partial charge in [0.2, 0.25) is 0 Å². The summed E-state index contributed by atoms with van der Waals surface area (Å²) in [6.07, 6.45) is 8.48. The molecule has 0 aromatic heterocycles. The maximum atomic E-state index is 3.30. The predicted octanol–water partition coefficient (Wildman–Crippen LogP) is 0.372. The Kier molecular flexibility index (Phi) is 10.9. The maximum absolute atomic E-state index is 3.30. The van der Waals surface area contributed by atoms with Gasteiger partial charge in [-0.2, -0.15) is 35.4 Å². The molecule has 0 atom stereocenters. The van der Waals surface area contributed by atoms with Crippen molar-refractivity contribution in [1.82, 2.24) is 0 Å². The van der Waals surface area contributed by atoms with Crippen LogP contribution in [0.5, 0.6) is 0 Å². The summed E-state index contributed by atoms with van der Waals surface area (Å²) in [5.41, 5.74) is 9.81. The Labute approximate surface area is 206 Å². The molecule has 144 valence electrons. The van der Waals surface area contributed by atoms with Gasteiger partial charge in [0.05, 0.1) is 0 Å². The Morgan fingerprint density at radius 2 is 1.52 bits per heavy atom. The third kappa shape index (κ3) is 6.29. The van der Waals surface area contributed by atoms with Gasteiger partial charge in [-0.3, -0.25) is 6.08 Å². The van der Waals surface area contributed by atoms with Gasteiger partial charge < -0.3 is 24.8 Å². The molecule has 0 heterocycles. The second-order valence-corrected chi connectivity index (χ2v) is 6.87. The standard InChI is InChI=1S/C13H9.C13H13.2ClH.Zr/c1-3-7-12-10(5-1)9-11-6-2-4-8-13(11)12;1-11-6-5-9-13(11)10-12-7-3-2-4-8-12;;;/h1-5,7-8H,9H2;2-4,6-8H,9-10H2,1H3;2*1H;/q2*-1;;;+4/p-2. The third-order valence-electron chi connectivity index (χ3n) is 5.07. The molecular weight excluding hydrogens is 474 g/mol. The van der Waals surface area contributed by atoms with E-state index in [4.69, 9.17) is 0 Å². The van der Waals surface area contributed by atoms with Crippen LogP contribution in [0.15, 0.2) is 90.0 Å². The molecule has 29 heavy (non-hydrogen) atoms. The molecule has 0 N–H and O–H groups in total. The summed E-state index contributed by atoms with van der Waals surface area (Å²) in [5.74, 6) is 0. The van der Waals surface area contributed by atoms with E-state index >= 15 is 0 Å². The molecule has 3 aromatic carbocycles. The third-order valence-corrected chi connectivity index (χ3v) is 5.07. The van der Waals surface area contributed by atoms with Crippen molar-refractivity contribution in [3.8, 4) is 11.1 Å². The van der Waals surface area contributed by atoms with Crippen LogP contribution in [0.4, 0.5) is 0 Å². The summed E-state index contributed by atoms with van der Waals surface area (Å²) in [7, 11) is 0. The first kappa shape index (κ1) is 25.6. The monoisotopic (exact) mass is 494 g/mol. The molecule has 5 rings (SSSR count). The molecule has 0 saturated heterocycles. The first-order valence-electron chi connectivity index (χ1n) is 9.18. The topological polar surface area (TPSA) is 0 Å². The van der Waals surface area contributed by atoms with E-state index in [0.717, 1.165) is 19.3 Å². The quantitative estimate of drug-likeness (QED) is 0.352. The molecule has 3 heteroatoms. The average molecular weight is 497 g/mol. The summed E-state index contributed by atoms with van der Waals surface area (Å²) >= 11 is 0. The zero-order valence-electron chi connectivity index (χ0n) is 16.4. The molecule has 0 nitrogen and oxygen atoms in total. The van der Waals surface area contributed by atoms with Gasteiger partial charge in [-0.05, 0) is 18.4 Å². The van der Waals surface area contributed by atoms with Crippen LogP contribution in [-0.2, 0) is 39.0 Å². The number of hydrogen-bond acceptors (Lipinski definition) is 0. The Morgan fingerprint density at radius 1 is 0.828 bits per heavy atom. The Balaban J connectivity index is 0.000000263. The fraction of sp³-hybridized carbons (Fsp3) is 0.154. The number of halogens is 2. The molecule has 0 amide bonds. The van der Waals surface area contributed by atoms with E-state index in [-0.39, 0.29) is 51.0 Å². The fourth-order valence-electron chi connectivity index (χ4n) is 3.61. The van der Waals surface area contributed by atoms with Crippen molar-refractivity contribution in [3.05, 3.63) is 119 Å². The van der Waals surface area contributed by atoms with Crippen molar-refractivity contribution in [2.24, 2.45) is 0 Å². The summed E-state index contributed by atoms with van der Waals surface area (Å²) in [6, 6.07) is 28.7. The normalized spacial score (nSPS) is 12.4. The van der Waals surface area contributed by atoms with Crippen LogP contribution in [0.2, 0.25) is 0 Å². The molecule has 0 spiro atoms. The minimum absolute atomic E-state index is 0. The zero-order chi connectivity index (χ0) is 17.8. The van der Waals surface area contributed by atoms with Gasteiger partial charge in [-0.25, -0.2) is 11.6 Å². The summed E-state index contributed by atoms with van der Waals surface area (Å²) in [5, 5.41) is 0.